The number of aromatic nitrogens is 1. The molecule has 0 radical (unpaired) electrons. The third-order valence-corrected chi connectivity index (χ3v) is 3.15. The number of benzene rings is 1. The molecule has 1 unspecified atom stereocenters. The zero-order valence-corrected chi connectivity index (χ0v) is 11.7. The molecule has 1 aromatic carbocycles. The fourth-order valence-corrected chi connectivity index (χ4v) is 2.10. The van der Waals surface area contributed by atoms with E-state index in [0.29, 0.717) is 17.9 Å². The number of anilines is 1. The van der Waals surface area contributed by atoms with Crippen molar-refractivity contribution in [3.63, 3.8) is 0 Å². The average Bonchev–Trinajstić information content (AvgIpc) is 2.47. The Bertz CT molecular complexity index is 617. The molecular formula is C15H17N3O3. The highest BCUT2D eigenvalue weighted by atomic mass is 16.6. The van der Waals surface area contributed by atoms with Crippen molar-refractivity contribution in [3.8, 4) is 0 Å². The summed E-state index contributed by atoms with van der Waals surface area (Å²) in [4.78, 5) is 14.5. The fourth-order valence-electron chi connectivity index (χ4n) is 2.10. The molecule has 21 heavy (non-hydrogen) atoms. The minimum atomic E-state index is -0.459. The van der Waals surface area contributed by atoms with Gasteiger partial charge in [-0.15, -0.1) is 0 Å². The summed E-state index contributed by atoms with van der Waals surface area (Å²) in [6.45, 7) is 1.54. The molecule has 0 amide bonds. The normalized spacial score (nSPS) is 11.9. The molecular weight excluding hydrogens is 270 g/mol. The summed E-state index contributed by atoms with van der Waals surface area (Å²) >= 11 is 0. The van der Waals surface area contributed by atoms with E-state index in [1.54, 1.807) is 13.0 Å². The number of rotatable bonds is 6. The Labute approximate surface area is 122 Å². The third kappa shape index (κ3) is 4.00. The Morgan fingerprint density at radius 1 is 1.29 bits per heavy atom. The van der Waals surface area contributed by atoms with Gasteiger partial charge in [-0.2, -0.15) is 0 Å². The second-order valence-corrected chi connectivity index (χ2v) is 4.77. The number of aryl methyl sites for hydroxylation is 1. The predicted molar refractivity (Wildman–Crippen MR) is 80.3 cm³/mol. The number of aliphatic hydroxyl groups is 1. The first-order valence-electron chi connectivity index (χ1n) is 6.63. The fraction of sp³-hybridized carbons (Fsp3) is 0.267. The van der Waals surface area contributed by atoms with Crippen LogP contribution in [0.25, 0.3) is 0 Å². The lowest BCUT2D eigenvalue weighted by atomic mass is 10.1. The molecule has 0 saturated carbocycles. The van der Waals surface area contributed by atoms with Crippen LogP contribution >= 0.6 is 0 Å². The summed E-state index contributed by atoms with van der Waals surface area (Å²) in [7, 11) is 0. The van der Waals surface area contributed by atoms with Crippen LogP contribution in [-0.4, -0.2) is 27.7 Å². The number of hydrogen-bond acceptors (Lipinski definition) is 5. The Hall–Kier alpha value is -2.47. The number of nitrogens with one attached hydrogen (secondary N) is 1. The van der Waals surface area contributed by atoms with Crippen molar-refractivity contribution in [1.82, 2.24) is 4.98 Å². The molecule has 1 atom stereocenters. The van der Waals surface area contributed by atoms with Gasteiger partial charge in [0.05, 0.1) is 17.6 Å². The summed E-state index contributed by atoms with van der Waals surface area (Å²) < 4.78 is 0. The van der Waals surface area contributed by atoms with Gasteiger partial charge in [0.25, 0.3) is 5.69 Å². The molecule has 110 valence electrons. The number of nitrogens with zero attached hydrogens (tertiary/aromatic N) is 2. The number of pyridine rings is 1. The smallest absolute Gasteiger partial charge is 0.290 e. The third-order valence-electron chi connectivity index (χ3n) is 3.15. The van der Waals surface area contributed by atoms with Crippen LogP contribution in [0.5, 0.6) is 0 Å². The van der Waals surface area contributed by atoms with Crippen molar-refractivity contribution in [3.05, 3.63) is 63.8 Å². The van der Waals surface area contributed by atoms with Gasteiger partial charge in [0.1, 0.15) is 11.5 Å². The largest absolute Gasteiger partial charge is 0.394 e. The maximum atomic E-state index is 10.8. The van der Waals surface area contributed by atoms with Crippen molar-refractivity contribution in [2.75, 3.05) is 11.9 Å². The molecule has 2 rings (SSSR count). The predicted octanol–water partition coefficient (Wildman–Crippen LogP) is 2.31. The maximum Gasteiger partial charge on any atom is 0.290 e. The zero-order valence-electron chi connectivity index (χ0n) is 11.7. The molecule has 0 aliphatic rings. The van der Waals surface area contributed by atoms with Gasteiger partial charge >= 0.3 is 0 Å². The van der Waals surface area contributed by atoms with Crippen LogP contribution < -0.4 is 5.32 Å². The van der Waals surface area contributed by atoms with Crippen LogP contribution in [0.15, 0.2) is 42.5 Å². The molecule has 2 N–H and O–H groups in total. The van der Waals surface area contributed by atoms with Gasteiger partial charge in [0, 0.05) is 6.07 Å². The zero-order chi connectivity index (χ0) is 15.2. The maximum absolute atomic E-state index is 10.8. The van der Waals surface area contributed by atoms with Crippen LogP contribution in [0.2, 0.25) is 0 Å². The van der Waals surface area contributed by atoms with Crippen LogP contribution in [0, 0.1) is 17.0 Å². The SMILES string of the molecule is Cc1nc(NC(CO)Cc2ccccc2)ccc1[N+](=O)[O-]. The van der Waals surface area contributed by atoms with Crippen molar-refractivity contribution in [2.24, 2.45) is 0 Å². The highest BCUT2D eigenvalue weighted by Gasteiger charge is 2.14. The summed E-state index contributed by atoms with van der Waals surface area (Å²) in [6, 6.07) is 12.6. The van der Waals surface area contributed by atoms with Crippen LogP contribution in [0.4, 0.5) is 11.5 Å². The van der Waals surface area contributed by atoms with Gasteiger partial charge in [-0.1, -0.05) is 30.3 Å². The van der Waals surface area contributed by atoms with E-state index in [0.717, 1.165) is 5.56 Å². The quantitative estimate of drug-likeness (QED) is 0.628. The van der Waals surface area contributed by atoms with Crippen molar-refractivity contribution >= 4 is 11.5 Å². The molecule has 0 aliphatic carbocycles. The molecule has 2 aromatic rings. The van der Waals surface area contributed by atoms with E-state index >= 15 is 0 Å². The van der Waals surface area contributed by atoms with Gasteiger partial charge < -0.3 is 10.4 Å². The van der Waals surface area contributed by atoms with Crippen LogP contribution in [0.3, 0.4) is 0 Å². The van der Waals surface area contributed by atoms with Crippen molar-refractivity contribution in [2.45, 2.75) is 19.4 Å². The van der Waals surface area contributed by atoms with Gasteiger partial charge in [-0.3, -0.25) is 10.1 Å². The van der Waals surface area contributed by atoms with Crippen LogP contribution in [-0.2, 0) is 6.42 Å². The number of aliphatic hydroxyl groups excluding tert-OH is 1. The molecule has 0 saturated heterocycles. The number of hydrogen-bond donors (Lipinski definition) is 2. The molecule has 1 heterocycles. The van der Waals surface area contributed by atoms with E-state index in [1.165, 1.54) is 6.07 Å². The van der Waals surface area contributed by atoms with Gasteiger partial charge in [-0.05, 0) is 25.0 Å². The first-order valence-corrected chi connectivity index (χ1v) is 6.63. The average molecular weight is 287 g/mol. The molecule has 6 nitrogen and oxygen atoms in total. The molecule has 0 spiro atoms. The molecule has 6 heteroatoms. The minimum absolute atomic E-state index is 0.0100. The lowest BCUT2D eigenvalue weighted by molar-refractivity contribution is -0.385. The van der Waals surface area contributed by atoms with E-state index in [-0.39, 0.29) is 18.3 Å². The topological polar surface area (TPSA) is 88.3 Å². The second kappa shape index (κ2) is 6.81. The monoisotopic (exact) mass is 287 g/mol. The Morgan fingerprint density at radius 3 is 2.57 bits per heavy atom. The summed E-state index contributed by atoms with van der Waals surface area (Å²) in [6.07, 6.45) is 0.648. The minimum Gasteiger partial charge on any atom is -0.394 e. The lowest BCUT2D eigenvalue weighted by Gasteiger charge is -2.17. The Balaban J connectivity index is 2.08. The van der Waals surface area contributed by atoms with Gasteiger partial charge in [0.2, 0.25) is 0 Å². The number of nitro groups is 1. The van der Waals surface area contributed by atoms with Crippen molar-refractivity contribution < 1.29 is 10.0 Å². The molecule has 0 aliphatic heterocycles. The van der Waals surface area contributed by atoms with E-state index < -0.39 is 4.92 Å². The van der Waals surface area contributed by atoms with E-state index in [4.69, 9.17) is 0 Å². The first-order chi connectivity index (χ1) is 10.1. The Morgan fingerprint density at radius 2 is 2.00 bits per heavy atom. The summed E-state index contributed by atoms with van der Waals surface area (Å²) in [5.74, 6) is 0.521. The van der Waals surface area contributed by atoms with E-state index in [9.17, 15) is 15.2 Å². The van der Waals surface area contributed by atoms with Gasteiger partial charge in [0.15, 0.2) is 0 Å². The van der Waals surface area contributed by atoms with Crippen molar-refractivity contribution in [1.29, 1.82) is 0 Å². The standard InChI is InChI=1S/C15H17N3O3/c1-11-14(18(20)21)7-8-15(16-11)17-13(10-19)9-12-5-3-2-4-6-12/h2-8,13,19H,9-10H2,1H3,(H,16,17). The lowest BCUT2D eigenvalue weighted by Crippen LogP contribution is -2.27. The Kier molecular flexibility index (Phi) is 4.84. The first kappa shape index (κ1) is 14.9. The van der Waals surface area contributed by atoms with Crippen LogP contribution in [0.1, 0.15) is 11.3 Å². The highest BCUT2D eigenvalue weighted by Crippen LogP contribution is 2.18. The molecule has 0 bridgehead atoms. The van der Waals surface area contributed by atoms with Gasteiger partial charge in [-0.25, -0.2) is 4.98 Å². The van der Waals surface area contributed by atoms with E-state index in [1.807, 2.05) is 30.3 Å². The molecule has 1 aromatic heterocycles. The second-order valence-electron chi connectivity index (χ2n) is 4.77. The molecule has 0 fully saturated rings. The van der Waals surface area contributed by atoms with E-state index in [2.05, 4.69) is 10.3 Å². The summed E-state index contributed by atoms with van der Waals surface area (Å²) in [5, 5.41) is 23.3. The summed E-state index contributed by atoms with van der Waals surface area (Å²) in [5.41, 5.74) is 1.44. The highest BCUT2D eigenvalue weighted by molar-refractivity contribution is 5.45.